The van der Waals surface area contributed by atoms with Crippen molar-refractivity contribution in [2.24, 2.45) is 0 Å². The van der Waals surface area contributed by atoms with Crippen molar-refractivity contribution in [2.45, 2.75) is 18.8 Å². The molecule has 1 aliphatic rings. The molecule has 1 aromatic heterocycles. The fourth-order valence-corrected chi connectivity index (χ4v) is 1.59. The number of aromatic nitrogens is 2. The summed E-state index contributed by atoms with van der Waals surface area (Å²) in [5, 5.41) is 0. The Labute approximate surface area is 86.1 Å². The summed E-state index contributed by atoms with van der Waals surface area (Å²) in [6.45, 7) is 0.594. The fraction of sp³-hybridized carbons (Fsp3) is 0.556. The predicted octanol–water partition coefficient (Wildman–Crippen LogP) is 1.29. The molecule has 1 fully saturated rings. The van der Waals surface area contributed by atoms with Gasteiger partial charge in [-0.3, -0.25) is 4.98 Å². The molecule has 0 aliphatic carbocycles. The molecule has 0 saturated carbocycles. The van der Waals surface area contributed by atoms with Gasteiger partial charge in [0.2, 0.25) is 0 Å². The molecule has 82 valence electrons. The second-order valence-corrected chi connectivity index (χ2v) is 3.65. The molecule has 6 heteroatoms. The first-order valence-electron chi connectivity index (χ1n) is 4.77. The predicted molar refractivity (Wildman–Crippen MR) is 52.8 cm³/mol. The van der Waals surface area contributed by atoms with Crippen LogP contribution < -0.4 is 10.6 Å². The first-order chi connectivity index (χ1) is 7.07. The molecular weight excluding hydrogens is 202 g/mol. The van der Waals surface area contributed by atoms with Crippen LogP contribution in [0.3, 0.4) is 0 Å². The maximum atomic E-state index is 12.9. The zero-order chi connectivity index (χ0) is 10.9. The van der Waals surface area contributed by atoms with Gasteiger partial charge < -0.3 is 10.6 Å². The van der Waals surface area contributed by atoms with Gasteiger partial charge in [-0.2, -0.15) is 0 Å². The van der Waals surface area contributed by atoms with Crippen LogP contribution in [0.2, 0.25) is 0 Å². The summed E-state index contributed by atoms with van der Waals surface area (Å²) in [4.78, 5) is 9.70. The van der Waals surface area contributed by atoms with E-state index in [4.69, 9.17) is 5.73 Å². The summed E-state index contributed by atoms with van der Waals surface area (Å²) in [5.74, 6) is -1.65. The lowest BCUT2D eigenvalue weighted by Gasteiger charge is -2.32. The highest BCUT2D eigenvalue weighted by Crippen LogP contribution is 2.29. The second-order valence-electron chi connectivity index (χ2n) is 3.65. The van der Waals surface area contributed by atoms with Crippen molar-refractivity contribution in [3.05, 3.63) is 12.4 Å². The van der Waals surface area contributed by atoms with E-state index in [-0.39, 0.29) is 12.8 Å². The van der Waals surface area contributed by atoms with Crippen molar-refractivity contribution in [3.63, 3.8) is 0 Å². The molecule has 4 nitrogen and oxygen atoms in total. The van der Waals surface area contributed by atoms with Crippen LogP contribution >= 0.6 is 0 Å². The van der Waals surface area contributed by atoms with Crippen molar-refractivity contribution < 1.29 is 8.78 Å². The van der Waals surface area contributed by atoms with E-state index in [0.717, 1.165) is 0 Å². The van der Waals surface area contributed by atoms with Crippen molar-refractivity contribution in [1.82, 2.24) is 9.97 Å². The minimum Gasteiger partial charge on any atom is -0.382 e. The number of anilines is 2. The standard InChI is InChI=1S/C9H12F2N4/c10-9(11)1-3-15(4-2-9)8-6-13-5-7(12)14-8/h5-6H,1-4H2,(H2,12,14). The Hall–Kier alpha value is -1.46. The van der Waals surface area contributed by atoms with Gasteiger partial charge in [0, 0.05) is 25.9 Å². The molecule has 1 saturated heterocycles. The number of nitrogens with two attached hydrogens (primary N) is 1. The second kappa shape index (κ2) is 3.60. The van der Waals surface area contributed by atoms with E-state index >= 15 is 0 Å². The van der Waals surface area contributed by atoms with E-state index in [1.54, 1.807) is 11.1 Å². The fourth-order valence-electron chi connectivity index (χ4n) is 1.59. The summed E-state index contributed by atoms with van der Waals surface area (Å²) >= 11 is 0. The van der Waals surface area contributed by atoms with Gasteiger partial charge in [0.15, 0.2) is 0 Å². The molecule has 0 unspecified atom stereocenters. The zero-order valence-corrected chi connectivity index (χ0v) is 8.16. The lowest BCUT2D eigenvalue weighted by molar-refractivity contribution is -0.0221. The van der Waals surface area contributed by atoms with Crippen LogP contribution in [-0.2, 0) is 0 Å². The van der Waals surface area contributed by atoms with Crippen LogP contribution in [0.25, 0.3) is 0 Å². The van der Waals surface area contributed by atoms with Crippen LogP contribution in [0.5, 0.6) is 0 Å². The number of nitrogens with zero attached hydrogens (tertiary/aromatic N) is 3. The highest BCUT2D eigenvalue weighted by Gasteiger charge is 2.34. The number of hydrogen-bond donors (Lipinski definition) is 1. The number of piperidine rings is 1. The van der Waals surface area contributed by atoms with Gasteiger partial charge in [0.25, 0.3) is 5.92 Å². The normalized spacial score (nSPS) is 20.3. The first kappa shape index (κ1) is 10.1. The lowest BCUT2D eigenvalue weighted by atomic mass is 10.1. The number of rotatable bonds is 1. The molecule has 0 radical (unpaired) electrons. The third kappa shape index (κ3) is 2.31. The highest BCUT2D eigenvalue weighted by molar-refractivity contribution is 5.41. The average molecular weight is 214 g/mol. The van der Waals surface area contributed by atoms with Gasteiger partial charge in [-0.25, -0.2) is 13.8 Å². The molecule has 0 atom stereocenters. The van der Waals surface area contributed by atoms with Crippen molar-refractivity contribution in [2.75, 3.05) is 23.7 Å². The third-order valence-corrected chi connectivity index (χ3v) is 2.46. The number of halogens is 2. The molecule has 0 bridgehead atoms. The van der Waals surface area contributed by atoms with E-state index in [1.165, 1.54) is 6.20 Å². The van der Waals surface area contributed by atoms with Gasteiger partial charge in [0.05, 0.1) is 12.4 Å². The minimum absolute atomic E-state index is 0.135. The monoisotopic (exact) mass is 214 g/mol. The van der Waals surface area contributed by atoms with Crippen LogP contribution in [0.1, 0.15) is 12.8 Å². The molecule has 0 spiro atoms. The molecule has 1 aromatic rings. The van der Waals surface area contributed by atoms with E-state index in [2.05, 4.69) is 9.97 Å². The SMILES string of the molecule is Nc1cncc(N2CCC(F)(F)CC2)n1. The average Bonchev–Trinajstić information content (AvgIpc) is 2.17. The van der Waals surface area contributed by atoms with Crippen molar-refractivity contribution in [3.8, 4) is 0 Å². The van der Waals surface area contributed by atoms with Crippen LogP contribution in [0, 0.1) is 0 Å². The maximum absolute atomic E-state index is 12.9. The Kier molecular flexibility index (Phi) is 2.42. The highest BCUT2D eigenvalue weighted by atomic mass is 19.3. The molecule has 2 heterocycles. The quantitative estimate of drug-likeness (QED) is 0.765. The van der Waals surface area contributed by atoms with Gasteiger partial charge in [-0.05, 0) is 0 Å². The Morgan fingerprint density at radius 2 is 1.93 bits per heavy atom. The summed E-state index contributed by atoms with van der Waals surface area (Å²) in [6, 6.07) is 0. The molecule has 0 aromatic carbocycles. The Morgan fingerprint density at radius 3 is 2.53 bits per heavy atom. The summed E-state index contributed by atoms with van der Waals surface area (Å²) < 4.78 is 25.8. The number of hydrogen-bond acceptors (Lipinski definition) is 4. The van der Waals surface area contributed by atoms with Crippen molar-refractivity contribution in [1.29, 1.82) is 0 Å². The topological polar surface area (TPSA) is 55.0 Å². The first-order valence-corrected chi connectivity index (χ1v) is 4.77. The van der Waals surface area contributed by atoms with Gasteiger partial charge in [0.1, 0.15) is 11.6 Å². The summed E-state index contributed by atoms with van der Waals surface area (Å²) in [5.41, 5.74) is 5.47. The molecule has 1 aliphatic heterocycles. The lowest BCUT2D eigenvalue weighted by Crippen LogP contribution is -2.39. The van der Waals surface area contributed by atoms with E-state index in [1.807, 2.05) is 0 Å². The Balaban J connectivity index is 2.08. The minimum atomic E-state index is -2.54. The van der Waals surface area contributed by atoms with Gasteiger partial charge in [-0.1, -0.05) is 0 Å². The molecular formula is C9H12F2N4. The number of nitrogen functional groups attached to an aromatic ring is 1. The maximum Gasteiger partial charge on any atom is 0.251 e. The number of alkyl halides is 2. The zero-order valence-electron chi connectivity index (χ0n) is 8.16. The van der Waals surface area contributed by atoms with E-state index in [9.17, 15) is 8.78 Å². The Bertz CT molecular complexity index is 346. The van der Waals surface area contributed by atoms with E-state index < -0.39 is 5.92 Å². The van der Waals surface area contributed by atoms with Crippen molar-refractivity contribution >= 4 is 11.6 Å². The molecule has 2 rings (SSSR count). The van der Waals surface area contributed by atoms with Crippen LogP contribution in [0.4, 0.5) is 20.4 Å². The molecule has 15 heavy (non-hydrogen) atoms. The summed E-state index contributed by atoms with van der Waals surface area (Å²) in [7, 11) is 0. The van der Waals surface area contributed by atoms with Gasteiger partial charge in [-0.15, -0.1) is 0 Å². The smallest absolute Gasteiger partial charge is 0.251 e. The van der Waals surface area contributed by atoms with Crippen LogP contribution in [0.15, 0.2) is 12.4 Å². The van der Waals surface area contributed by atoms with Gasteiger partial charge >= 0.3 is 0 Å². The summed E-state index contributed by atoms with van der Waals surface area (Å²) in [6.07, 6.45) is 2.70. The molecule has 0 amide bonds. The van der Waals surface area contributed by atoms with E-state index in [0.29, 0.717) is 24.7 Å². The molecule has 2 N–H and O–H groups in total. The van der Waals surface area contributed by atoms with Crippen LogP contribution in [-0.4, -0.2) is 29.0 Å². The Morgan fingerprint density at radius 1 is 1.27 bits per heavy atom. The third-order valence-electron chi connectivity index (χ3n) is 2.46. The largest absolute Gasteiger partial charge is 0.382 e.